The Morgan fingerprint density at radius 2 is 1.38 bits per heavy atom. The highest BCUT2D eigenvalue weighted by Gasteiger charge is 2.14. The lowest BCUT2D eigenvalue weighted by molar-refractivity contribution is -0.115. The summed E-state index contributed by atoms with van der Waals surface area (Å²) in [4.78, 5) is 22.5. The van der Waals surface area contributed by atoms with E-state index in [0.29, 0.717) is 24.5 Å². The van der Waals surface area contributed by atoms with E-state index in [1.54, 1.807) is 13.3 Å². The fourth-order valence-corrected chi connectivity index (χ4v) is 4.15. The van der Waals surface area contributed by atoms with E-state index in [1.165, 1.54) is 0 Å². The van der Waals surface area contributed by atoms with Gasteiger partial charge < -0.3 is 14.8 Å². The van der Waals surface area contributed by atoms with Gasteiger partial charge in [0.05, 0.1) is 31.1 Å². The van der Waals surface area contributed by atoms with Crippen molar-refractivity contribution in [2.45, 2.75) is 19.4 Å². The van der Waals surface area contributed by atoms with E-state index in [1.807, 2.05) is 109 Å². The highest BCUT2D eigenvalue weighted by Crippen LogP contribution is 2.24. The second-order valence-electron chi connectivity index (χ2n) is 9.08. The van der Waals surface area contributed by atoms with Crippen molar-refractivity contribution in [2.24, 2.45) is 0 Å². The number of benzene rings is 4. The number of hydrogen-bond donors (Lipinski definition) is 1. The average molecular weight is 516 g/mol. The van der Waals surface area contributed by atoms with Crippen molar-refractivity contribution in [2.75, 3.05) is 12.4 Å². The van der Waals surface area contributed by atoms with Crippen molar-refractivity contribution in [1.82, 2.24) is 9.97 Å². The molecule has 0 fully saturated rings. The number of methoxy groups -OCH3 is 1. The number of amides is 1. The number of carbonyl (C=O) groups excluding carboxylic acids is 1. The SMILES string of the molecule is COc1ccc(-c2cnc(NC(=O)Cc3ccc(OCc4ccccc4)cc3)c(Cc3ccccc3)n2)cc1. The standard InChI is InChI=1S/C33H29N3O3/c1-38-28-18-14-27(15-19-28)31-22-34-33(30(35-31)20-24-8-4-2-5-9-24)36-32(37)21-25-12-16-29(17-13-25)39-23-26-10-6-3-7-11-26/h2-19,22H,20-21,23H2,1H3,(H,34,36,37). The number of nitrogens with one attached hydrogen (secondary N) is 1. The molecule has 194 valence electrons. The molecule has 0 spiro atoms. The van der Waals surface area contributed by atoms with Crippen LogP contribution in [0.25, 0.3) is 11.3 Å². The highest BCUT2D eigenvalue weighted by atomic mass is 16.5. The van der Waals surface area contributed by atoms with E-state index < -0.39 is 0 Å². The molecule has 1 aromatic heterocycles. The first kappa shape index (κ1) is 25.7. The molecule has 0 unspecified atom stereocenters. The lowest BCUT2D eigenvalue weighted by Gasteiger charge is -2.12. The van der Waals surface area contributed by atoms with E-state index in [-0.39, 0.29) is 12.3 Å². The van der Waals surface area contributed by atoms with E-state index >= 15 is 0 Å². The Morgan fingerprint density at radius 1 is 0.744 bits per heavy atom. The first-order valence-electron chi connectivity index (χ1n) is 12.8. The van der Waals surface area contributed by atoms with Crippen LogP contribution in [-0.4, -0.2) is 23.0 Å². The lowest BCUT2D eigenvalue weighted by Crippen LogP contribution is -2.17. The summed E-state index contributed by atoms with van der Waals surface area (Å²) in [5, 5.41) is 2.97. The molecular formula is C33H29N3O3. The van der Waals surface area contributed by atoms with Crippen LogP contribution in [0.1, 0.15) is 22.4 Å². The smallest absolute Gasteiger partial charge is 0.229 e. The van der Waals surface area contributed by atoms with Crippen LogP contribution in [-0.2, 0) is 24.2 Å². The van der Waals surface area contributed by atoms with Gasteiger partial charge in [0.25, 0.3) is 0 Å². The predicted molar refractivity (Wildman–Crippen MR) is 153 cm³/mol. The molecule has 0 atom stereocenters. The van der Waals surface area contributed by atoms with Gasteiger partial charge >= 0.3 is 0 Å². The minimum Gasteiger partial charge on any atom is -0.497 e. The summed E-state index contributed by atoms with van der Waals surface area (Å²) in [6.07, 6.45) is 2.44. The van der Waals surface area contributed by atoms with Crippen molar-refractivity contribution in [3.8, 4) is 22.8 Å². The Morgan fingerprint density at radius 3 is 2.05 bits per heavy atom. The third-order valence-corrected chi connectivity index (χ3v) is 6.24. The molecule has 6 heteroatoms. The molecule has 0 aliphatic rings. The van der Waals surface area contributed by atoms with E-state index in [2.05, 4.69) is 10.3 Å². The van der Waals surface area contributed by atoms with Gasteiger partial charge in [0.2, 0.25) is 5.91 Å². The zero-order valence-corrected chi connectivity index (χ0v) is 21.7. The Hall–Kier alpha value is -4.97. The lowest BCUT2D eigenvalue weighted by atomic mass is 10.1. The van der Waals surface area contributed by atoms with Gasteiger partial charge in [0.15, 0.2) is 5.82 Å². The van der Waals surface area contributed by atoms with Gasteiger partial charge in [-0.3, -0.25) is 4.79 Å². The number of aromatic nitrogens is 2. The molecule has 0 radical (unpaired) electrons. The summed E-state index contributed by atoms with van der Waals surface area (Å²) in [6.45, 7) is 0.496. The van der Waals surface area contributed by atoms with Crippen molar-refractivity contribution in [3.05, 3.63) is 138 Å². The molecule has 39 heavy (non-hydrogen) atoms. The minimum absolute atomic E-state index is 0.159. The number of carbonyl (C=O) groups is 1. The molecule has 1 heterocycles. The van der Waals surface area contributed by atoms with Crippen LogP contribution >= 0.6 is 0 Å². The van der Waals surface area contributed by atoms with Gasteiger partial charge in [-0.15, -0.1) is 0 Å². The zero-order chi connectivity index (χ0) is 26.9. The van der Waals surface area contributed by atoms with Crippen LogP contribution in [0.15, 0.2) is 115 Å². The minimum atomic E-state index is -0.159. The first-order valence-corrected chi connectivity index (χ1v) is 12.8. The van der Waals surface area contributed by atoms with Crippen LogP contribution < -0.4 is 14.8 Å². The molecule has 1 amide bonds. The third-order valence-electron chi connectivity index (χ3n) is 6.24. The van der Waals surface area contributed by atoms with Crippen LogP contribution in [0.5, 0.6) is 11.5 Å². The van der Waals surface area contributed by atoms with Gasteiger partial charge in [-0.25, -0.2) is 9.97 Å². The normalized spacial score (nSPS) is 10.6. The largest absolute Gasteiger partial charge is 0.497 e. The summed E-state index contributed by atoms with van der Waals surface area (Å²) in [6, 6.07) is 35.3. The molecule has 0 saturated carbocycles. The summed E-state index contributed by atoms with van der Waals surface area (Å²) in [5.74, 6) is 1.83. The van der Waals surface area contributed by atoms with Crippen molar-refractivity contribution < 1.29 is 14.3 Å². The summed E-state index contributed by atoms with van der Waals surface area (Å²) in [5.41, 5.74) is 5.42. The maximum absolute atomic E-state index is 13.0. The predicted octanol–water partition coefficient (Wildman–Crippen LogP) is 6.50. The molecule has 5 rings (SSSR count). The number of ether oxygens (including phenoxy) is 2. The van der Waals surface area contributed by atoms with Crippen molar-refractivity contribution >= 4 is 11.7 Å². The van der Waals surface area contributed by atoms with Gasteiger partial charge in [-0.2, -0.15) is 0 Å². The molecule has 4 aromatic carbocycles. The quantitative estimate of drug-likeness (QED) is 0.230. The third kappa shape index (κ3) is 7.08. The molecule has 0 bridgehead atoms. The fraction of sp³-hybridized carbons (Fsp3) is 0.121. The van der Waals surface area contributed by atoms with Crippen LogP contribution in [0.2, 0.25) is 0 Å². The Kier molecular flexibility index (Phi) is 8.24. The summed E-state index contributed by atoms with van der Waals surface area (Å²) >= 11 is 0. The second kappa shape index (κ2) is 12.5. The maximum atomic E-state index is 13.0. The van der Waals surface area contributed by atoms with Crippen LogP contribution in [0.3, 0.4) is 0 Å². The monoisotopic (exact) mass is 515 g/mol. The van der Waals surface area contributed by atoms with Gasteiger partial charge in [0.1, 0.15) is 18.1 Å². The molecule has 0 saturated heterocycles. The molecule has 0 aliphatic heterocycles. The van der Waals surface area contributed by atoms with Gasteiger partial charge in [0, 0.05) is 12.0 Å². The number of hydrogen-bond acceptors (Lipinski definition) is 5. The van der Waals surface area contributed by atoms with Gasteiger partial charge in [-0.05, 0) is 53.1 Å². The number of rotatable bonds is 10. The molecule has 1 N–H and O–H groups in total. The zero-order valence-electron chi connectivity index (χ0n) is 21.7. The van der Waals surface area contributed by atoms with E-state index in [0.717, 1.165) is 39.4 Å². The average Bonchev–Trinajstić information content (AvgIpc) is 2.99. The second-order valence-corrected chi connectivity index (χ2v) is 9.08. The Labute approximate surface area is 228 Å². The van der Waals surface area contributed by atoms with Gasteiger partial charge in [-0.1, -0.05) is 72.8 Å². The Balaban J connectivity index is 1.28. The van der Waals surface area contributed by atoms with Crippen molar-refractivity contribution in [1.29, 1.82) is 0 Å². The topological polar surface area (TPSA) is 73.3 Å². The molecular weight excluding hydrogens is 486 g/mol. The van der Waals surface area contributed by atoms with Crippen molar-refractivity contribution in [3.63, 3.8) is 0 Å². The summed E-state index contributed by atoms with van der Waals surface area (Å²) < 4.78 is 11.1. The van der Waals surface area contributed by atoms with Crippen LogP contribution in [0, 0.1) is 0 Å². The first-order chi connectivity index (χ1) is 19.2. The number of nitrogens with zero attached hydrogens (tertiary/aromatic N) is 2. The van der Waals surface area contributed by atoms with E-state index in [4.69, 9.17) is 14.5 Å². The van der Waals surface area contributed by atoms with Crippen LogP contribution in [0.4, 0.5) is 5.82 Å². The maximum Gasteiger partial charge on any atom is 0.229 e. The molecule has 6 nitrogen and oxygen atoms in total. The molecule has 0 aliphatic carbocycles. The number of anilines is 1. The molecule has 5 aromatic rings. The van der Waals surface area contributed by atoms with E-state index in [9.17, 15) is 4.79 Å². The summed E-state index contributed by atoms with van der Waals surface area (Å²) in [7, 11) is 1.64. The fourth-order valence-electron chi connectivity index (χ4n) is 4.15. The highest BCUT2D eigenvalue weighted by molar-refractivity contribution is 5.92. The Bertz CT molecular complexity index is 1500.